The van der Waals surface area contributed by atoms with Crippen LogP contribution in [0.4, 0.5) is 0 Å². The molecule has 0 aromatic heterocycles. The molecule has 0 bridgehead atoms. The highest BCUT2D eigenvalue weighted by molar-refractivity contribution is 5.82. The highest BCUT2D eigenvalue weighted by Crippen LogP contribution is 2.30. The maximum Gasteiger partial charge on any atom is 0.240 e. The number of rotatable bonds is 17. The molecule has 0 radical (unpaired) electrons. The third-order valence-electron chi connectivity index (χ3n) is 7.62. The number of aliphatic hydroxyl groups is 2. The van der Waals surface area contributed by atoms with Gasteiger partial charge in [0.15, 0.2) is 17.8 Å². The molecule has 9 nitrogen and oxygen atoms in total. The number of fused-ring (bicyclic) bond motifs is 1. The van der Waals surface area contributed by atoms with Crippen LogP contribution in [0.15, 0.2) is 23.7 Å². The summed E-state index contributed by atoms with van der Waals surface area (Å²) in [5, 5.41) is 23.7. The minimum atomic E-state index is -1.60. The number of hydrogen-bond donors (Lipinski definition) is 3. The lowest BCUT2D eigenvalue weighted by molar-refractivity contribution is -0.145. The van der Waals surface area contributed by atoms with Crippen LogP contribution in [0.25, 0.3) is 0 Å². The third-order valence-corrected chi connectivity index (χ3v) is 7.62. The summed E-state index contributed by atoms with van der Waals surface area (Å²) in [5.74, 6) is 1.99. The number of allylic oxidation sites excluding steroid dienone is 1. The number of nitrogens with one attached hydrogen (secondary N) is 1. The summed E-state index contributed by atoms with van der Waals surface area (Å²) < 4.78 is 17.1. The molecular formula is C29H51N3O6. The van der Waals surface area contributed by atoms with Crippen LogP contribution in [-0.2, 0) is 19.0 Å². The minimum absolute atomic E-state index is 0.0690. The van der Waals surface area contributed by atoms with Gasteiger partial charge >= 0.3 is 0 Å². The number of amides is 1. The quantitative estimate of drug-likeness (QED) is 0.243. The van der Waals surface area contributed by atoms with E-state index >= 15 is 0 Å². The molecule has 9 heteroatoms. The molecule has 3 unspecified atom stereocenters. The van der Waals surface area contributed by atoms with Gasteiger partial charge in [-0.2, -0.15) is 0 Å². The van der Waals surface area contributed by atoms with Gasteiger partial charge in [-0.25, -0.2) is 0 Å². The monoisotopic (exact) mass is 537 g/mol. The number of unbranched alkanes of at least 4 members (excludes halogenated alkanes) is 2. The van der Waals surface area contributed by atoms with Crippen LogP contribution in [0.5, 0.6) is 0 Å². The molecule has 3 rings (SSSR count). The summed E-state index contributed by atoms with van der Waals surface area (Å²) in [6, 6.07) is -1.03. The van der Waals surface area contributed by atoms with Crippen LogP contribution in [-0.4, -0.2) is 96.5 Å². The number of carbonyl (C=O) groups excluding carboxylic acids is 1. The Morgan fingerprint density at radius 1 is 1.16 bits per heavy atom. The second kappa shape index (κ2) is 15.8. The van der Waals surface area contributed by atoms with Crippen LogP contribution in [0.3, 0.4) is 0 Å². The van der Waals surface area contributed by atoms with E-state index in [9.17, 15) is 15.0 Å². The molecule has 2 fully saturated rings. The normalized spacial score (nSPS) is 23.9. The number of likely N-dealkylation sites (tertiary alicyclic amines) is 1. The van der Waals surface area contributed by atoms with Crippen molar-refractivity contribution in [1.82, 2.24) is 15.1 Å². The molecule has 0 spiro atoms. The summed E-state index contributed by atoms with van der Waals surface area (Å²) in [7, 11) is 0. The van der Waals surface area contributed by atoms with Gasteiger partial charge in [-0.3, -0.25) is 4.79 Å². The lowest BCUT2D eigenvalue weighted by Crippen LogP contribution is -2.52. The van der Waals surface area contributed by atoms with E-state index < -0.39 is 12.3 Å². The molecule has 38 heavy (non-hydrogen) atoms. The van der Waals surface area contributed by atoms with E-state index in [-0.39, 0.29) is 30.8 Å². The van der Waals surface area contributed by atoms with Gasteiger partial charge in [0.1, 0.15) is 0 Å². The van der Waals surface area contributed by atoms with E-state index in [0.29, 0.717) is 31.9 Å². The van der Waals surface area contributed by atoms with E-state index in [4.69, 9.17) is 14.2 Å². The van der Waals surface area contributed by atoms with Crippen LogP contribution in [0, 0.1) is 11.8 Å². The maximum absolute atomic E-state index is 13.7. The first-order valence-corrected chi connectivity index (χ1v) is 14.7. The molecule has 3 N–H and O–H groups in total. The smallest absolute Gasteiger partial charge is 0.240 e. The van der Waals surface area contributed by atoms with E-state index in [1.54, 1.807) is 4.90 Å². The SMILES string of the molecule is CCCCN(CCCC)CCNC(CC(C)C)C(=O)N1C[C@H](OCC2C=C3OCOC3=CC2)CC1C(O)O. The Bertz CT molecular complexity index is 778. The lowest BCUT2D eigenvalue weighted by atomic mass is 10.00. The Morgan fingerprint density at radius 3 is 2.53 bits per heavy atom. The van der Waals surface area contributed by atoms with Crippen molar-refractivity contribution in [3.8, 4) is 0 Å². The zero-order chi connectivity index (χ0) is 27.5. The van der Waals surface area contributed by atoms with E-state index in [1.807, 2.05) is 12.2 Å². The van der Waals surface area contributed by atoms with Crippen molar-refractivity contribution in [3.05, 3.63) is 23.7 Å². The van der Waals surface area contributed by atoms with E-state index in [1.165, 1.54) is 25.7 Å². The Labute approximate surface area is 229 Å². The van der Waals surface area contributed by atoms with Gasteiger partial charge in [0.2, 0.25) is 12.7 Å². The number of nitrogens with zero attached hydrogens (tertiary/aromatic N) is 2. The van der Waals surface area contributed by atoms with Crippen LogP contribution < -0.4 is 5.32 Å². The van der Waals surface area contributed by atoms with Gasteiger partial charge < -0.3 is 39.5 Å². The fraction of sp³-hybridized carbons (Fsp3) is 0.828. The molecule has 2 heterocycles. The highest BCUT2D eigenvalue weighted by atomic mass is 16.7. The molecule has 1 amide bonds. The van der Waals surface area contributed by atoms with Crippen molar-refractivity contribution in [2.75, 3.05) is 46.1 Å². The standard InChI is InChI=1S/C29H51N3O6/c1-5-7-12-31(13-8-6-2)14-11-30-24(15-21(3)4)28(33)32-18-23(17-25(32)29(34)35)36-19-22-9-10-26-27(16-22)38-20-37-26/h10,16,21-25,29-30,34-35H,5-9,11-15,17-20H2,1-4H3/t22?,23-,24?,25?/m1/s1. The molecule has 4 atom stereocenters. The highest BCUT2D eigenvalue weighted by Gasteiger charge is 2.41. The number of ether oxygens (including phenoxy) is 3. The molecule has 218 valence electrons. The van der Waals surface area contributed by atoms with Crippen LogP contribution in [0.1, 0.15) is 72.6 Å². The summed E-state index contributed by atoms with van der Waals surface area (Å²) in [6.07, 6.45) is 8.83. The zero-order valence-electron chi connectivity index (χ0n) is 23.9. The minimum Gasteiger partial charge on any atom is -0.454 e. The van der Waals surface area contributed by atoms with Gasteiger partial charge in [-0.1, -0.05) is 40.5 Å². The summed E-state index contributed by atoms with van der Waals surface area (Å²) in [4.78, 5) is 17.8. The second-order valence-electron chi connectivity index (χ2n) is 11.3. The van der Waals surface area contributed by atoms with Crippen molar-refractivity contribution in [3.63, 3.8) is 0 Å². The summed E-state index contributed by atoms with van der Waals surface area (Å²) in [6.45, 7) is 13.5. The molecule has 2 aliphatic heterocycles. The fourth-order valence-electron chi connectivity index (χ4n) is 5.43. The largest absolute Gasteiger partial charge is 0.454 e. The molecule has 1 aliphatic carbocycles. The molecular weight excluding hydrogens is 486 g/mol. The van der Waals surface area contributed by atoms with Gasteiger partial charge in [0, 0.05) is 32.0 Å². The average Bonchev–Trinajstić information content (AvgIpc) is 3.54. The zero-order valence-corrected chi connectivity index (χ0v) is 23.9. The first kappa shape index (κ1) is 30.9. The Kier molecular flexibility index (Phi) is 12.9. The molecule has 0 saturated carbocycles. The van der Waals surface area contributed by atoms with Gasteiger partial charge in [0.25, 0.3) is 0 Å². The molecule has 3 aliphatic rings. The van der Waals surface area contributed by atoms with Crippen molar-refractivity contribution in [1.29, 1.82) is 0 Å². The molecule has 0 aromatic rings. The second-order valence-corrected chi connectivity index (χ2v) is 11.3. The Balaban J connectivity index is 1.55. The Morgan fingerprint density at radius 2 is 1.87 bits per heavy atom. The van der Waals surface area contributed by atoms with E-state index in [2.05, 4.69) is 37.9 Å². The number of aliphatic hydroxyl groups excluding tert-OH is 1. The molecule has 0 aromatic carbocycles. The van der Waals surface area contributed by atoms with Crippen molar-refractivity contribution in [2.45, 2.75) is 97.1 Å². The first-order valence-electron chi connectivity index (χ1n) is 14.7. The first-order chi connectivity index (χ1) is 18.3. The molecule has 2 saturated heterocycles. The summed E-state index contributed by atoms with van der Waals surface area (Å²) >= 11 is 0. The van der Waals surface area contributed by atoms with Crippen LogP contribution in [0.2, 0.25) is 0 Å². The predicted octanol–water partition coefficient (Wildman–Crippen LogP) is 2.98. The van der Waals surface area contributed by atoms with Gasteiger partial charge in [-0.15, -0.1) is 0 Å². The third kappa shape index (κ3) is 9.23. The predicted molar refractivity (Wildman–Crippen MR) is 147 cm³/mol. The average molecular weight is 538 g/mol. The van der Waals surface area contributed by atoms with Crippen LogP contribution >= 0.6 is 0 Å². The number of hydrogen-bond acceptors (Lipinski definition) is 8. The Hall–Kier alpha value is -1.65. The van der Waals surface area contributed by atoms with Gasteiger partial charge in [0.05, 0.1) is 24.8 Å². The van der Waals surface area contributed by atoms with E-state index in [0.717, 1.165) is 44.1 Å². The van der Waals surface area contributed by atoms with Crippen molar-refractivity contribution >= 4 is 5.91 Å². The van der Waals surface area contributed by atoms with Crippen molar-refractivity contribution in [2.24, 2.45) is 11.8 Å². The topological polar surface area (TPSA) is 104 Å². The van der Waals surface area contributed by atoms with Gasteiger partial charge in [-0.05, 0) is 56.8 Å². The van der Waals surface area contributed by atoms with Crippen molar-refractivity contribution < 1.29 is 29.2 Å². The summed E-state index contributed by atoms with van der Waals surface area (Å²) in [5.41, 5.74) is 0. The fourth-order valence-corrected chi connectivity index (χ4v) is 5.43. The maximum atomic E-state index is 13.7. The number of carbonyl (C=O) groups is 1. The lowest BCUT2D eigenvalue weighted by Gasteiger charge is -2.31.